The molecule has 0 atom stereocenters. The van der Waals surface area contributed by atoms with Crippen molar-refractivity contribution in [3.05, 3.63) is 52.0 Å². The summed E-state index contributed by atoms with van der Waals surface area (Å²) < 4.78 is 24.7. The number of nitrogens with zero attached hydrogens (tertiary/aromatic N) is 2. The van der Waals surface area contributed by atoms with E-state index in [4.69, 9.17) is 24.4 Å². The Bertz CT molecular complexity index is 905. The molecule has 8 nitrogen and oxygen atoms in total. The van der Waals surface area contributed by atoms with Crippen LogP contribution in [0.15, 0.2) is 46.5 Å². The first-order chi connectivity index (χ1) is 14.0. The molecule has 2 N–H and O–H groups in total. The summed E-state index contributed by atoms with van der Waals surface area (Å²) in [5.41, 5.74) is 1.31. The molecular weight excluding hydrogens is 412 g/mol. The number of anilines is 1. The molecule has 0 unspecified atom stereocenters. The average molecular weight is 433 g/mol. The first-order valence-corrected chi connectivity index (χ1v) is 9.47. The molecule has 0 saturated heterocycles. The molecule has 0 fully saturated rings. The Morgan fingerprint density at radius 2 is 1.93 bits per heavy atom. The highest BCUT2D eigenvalue weighted by molar-refractivity contribution is 8.16. The largest absolute Gasteiger partial charge is 0.496 e. The Morgan fingerprint density at radius 3 is 2.45 bits per heavy atom. The zero-order chi connectivity index (χ0) is 21.2. The van der Waals surface area contributed by atoms with Crippen molar-refractivity contribution in [1.82, 2.24) is 4.98 Å². The van der Waals surface area contributed by atoms with Crippen molar-refractivity contribution in [2.45, 2.75) is 6.61 Å². The molecule has 10 heteroatoms. The number of nitriles is 1. The second-order valence-electron chi connectivity index (χ2n) is 5.37. The first kappa shape index (κ1) is 22.3. The van der Waals surface area contributed by atoms with Crippen LogP contribution in [0.4, 0.5) is 5.69 Å². The number of pyridine rings is 1. The van der Waals surface area contributed by atoms with E-state index in [1.54, 1.807) is 30.6 Å². The smallest absolute Gasteiger partial charge is 0.226 e. The molecule has 152 valence electrons. The fourth-order valence-corrected chi connectivity index (χ4v) is 3.08. The number of hydrogen-bond donors (Lipinski definition) is 3. The normalized spacial score (nSPS) is 11.0. The fourth-order valence-electron chi connectivity index (χ4n) is 2.21. The van der Waals surface area contributed by atoms with Gasteiger partial charge in [0.2, 0.25) is 5.90 Å². The molecule has 0 spiro atoms. The van der Waals surface area contributed by atoms with Crippen LogP contribution in [0.1, 0.15) is 5.56 Å². The predicted molar refractivity (Wildman–Crippen MR) is 116 cm³/mol. The number of nitrogens with one attached hydrogen (secondary N) is 2. The molecule has 0 radical (unpaired) electrons. The summed E-state index contributed by atoms with van der Waals surface area (Å²) in [6.07, 6.45) is 3.28. The van der Waals surface area contributed by atoms with E-state index in [1.807, 2.05) is 12.1 Å². The van der Waals surface area contributed by atoms with Gasteiger partial charge in [-0.15, -0.1) is 12.6 Å². The van der Waals surface area contributed by atoms with Crippen molar-refractivity contribution in [2.24, 2.45) is 0 Å². The van der Waals surface area contributed by atoms with Crippen LogP contribution in [0, 0.1) is 16.7 Å². The van der Waals surface area contributed by atoms with Gasteiger partial charge in [0.05, 0.1) is 43.0 Å². The zero-order valence-corrected chi connectivity index (χ0v) is 17.8. The third-order valence-corrected chi connectivity index (χ3v) is 4.89. The molecular formula is C19H20N4O4S2. The van der Waals surface area contributed by atoms with Crippen molar-refractivity contribution in [3.8, 4) is 23.3 Å². The molecule has 1 aromatic heterocycles. The SMILES string of the molecule is COc1cc(OC)c(COC(=N)/C(C#N)=C(\S)SNc2cccnc2)c(OC)c1. The van der Waals surface area contributed by atoms with Gasteiger partial charge in [-0.2, -0.15) is 5.26 Å². The highest BCUT2D eigenvalue weighted by Gasteiger charge is 2.17. The molecule has 29 heavy (non-hydrogen) atoms. The van der Waals surface area contributed by atoms with Gasteiger partial charge >= 0.3 is 0 Å². The molecule has 0 bridgehead atoms. The molecule has 1 aromatic carbocycles. The number of thiol groups is 1. The van der Waals surface area contributed by atoms with Crippen LogP contribution < -0.4 is 18.9 Å². The molecule has 2 aromatic rings. The standard InChI is InChI=1S/C19H20N4O4S2/c1-24-13-7-16(25-2)15(17(8-13)26-3)11-27-18(21)14(9-20)19(28)29-23-12-5-4-6-22-10-12/h4-8,10,21,23,28H,11H2,1-3H3/b19-14+,21-18?. The summed E-state index contributed by atoms with van der Waals surface area (Å²) in [5, 5.41) is 17.6. The summed E-state index contributed by atoms with van der Waals surface area (Å²) in [5.74, 6) is 1.20. The number of aromatic nitrogens is 1. The monoisotopic (exact) mass is 432 g/mol. The minimum atomic E-state index is -0.321. The second-order valence-corrected chi connectivity index (χ2v) is 6.93. The quantitative estimate of drug-likeness (QED) is 0.179. The van der Waals surface area contributed by atoms with Crippen molar-refractivity contribution < 1.29 is 18.9 Å². The van der Waals surface area contributed by atoms with Gasteiger partial charge in [-0.25, -0.2) is 0 Å². The first-order valence-electron chi connectivity index (χ1n) is 8.20. The number of methoxy groups -OCH3 is 3. The second kappa shape index (κ2) is 11.1. The van der Waals surface area contributed by atoms with Gasteiger partial charge in [-0.3, -0.25) is 10.4 Å². The van der Waals surface area contributed by atoms with Crippen molar-refractivity contribution in [3.63, 3.8) is 0 Å². The van der Waals surface area contributed by atoms with Crippen molar-refractivity contribution in [2.75, 3.05) is 26.1 Å². The van der Waals surface area contributed by atoms with E-state index >= 15 is 0 Å². The van der Waals surface area contributed by atoms with E-state index in [0.29, 0.717) is 22.8 Å². The molecule has 0 aliphatic carbocycles. The molecule has 1 heterocycles. The van der Waals surface area contributed by atoms with Gasteiger partial charge < -0.3 is 23.7 Å². The lowest BCUT2D eigenvalue weighted by atomic mass is 10.1. The van der Waals surface area contributed by atoms with Crippen molar-refractivity contribution >= 4 is 36.2 Å². The van der Waals surface area contributed by atoms with Gasteiger partial charge in [0.25, 0.3) is 0 Å². The lowest BCUT2D eigenvalue weighted by Gasteiger charge is -2.16. The fraction of sp³-hybridized carbons (Fsp3) is 0.211. The summed E-state index contributed by atoms with van der Waals surface area (Å²) in [6.45, 7) is -0.0396. The summed E-state index contributed by atoms with van der Waals surface area (Å²) in [6, 6.07) is 8.90. The van der Waals surface area contributed by atoms with E-state index in [0.717, 1.165) is 17.6 Å². The van der Waals surface area contributed by atoms with Crippen LogP contribution in [-0.2, 0) is 11.3 Å². The van der Waals surface area contributed by atoms with Crippen LogP contribution >= 0.6 is 24.6 Å². The third-order valence-electron chi connectivity index (χ3n) is 3.66. The topological polar surface area (TPSA) is 109 Å². The molecule has 0 aliphatic rings. The maximum absolute atomic E-state index is 9.43. The highest BCUT2D eigenvalue weighted by atomic mass is 32.2. The predicted octanol–water partition coefficient (Wildman–Crippen LogP) is 4.03. The zero-order valence-electron chi connectivity index (χ0n) is 16.1. The summed E-state index contributed by atoms with van der Waals surface area (Å²) in [7, 11) is 4.56. The minimum Gasteiger partial charge on any atom is -0.496 e. The van der Waals surface area contributed by atoms with E-state index in [-0.39, 0.29) is 22.3 Å². The molecule has 0 saturated carbocycles. The van der Waals surface area contributed by atoms with Crippen molar-refractivity contribution in [1.29, 1.82) is 10.7 Å². The minimum absolute atomic E-state index is 0.0128. The van der Waals surface area contributed by atoms with Crippen LogP contribution in [-0.4, -0.2) is 32.2 Å². The Kier molecular flexibility index (Phi) is 8.51. The van der Waals surface area contributed by atoms with Gasteiger partial charge in [-0.05, 0) is 24.1 Å². The molecule has 0 aliphatic heterocycles. The number of benzene rings is 1. The Hall–Kier alpha value is -3.03. The van der Waals surface area contributed by atoms with Crippen LogP contribution in [0.25, 0.3) is 0 Å². The highest BCUT2D eigenvalue weighted by Crippen LogP contribution is 2.35. The number of ether oxygens (including phenoxy) is 4. The number of hydrogen-bond acceptors (Lipinski definition) is 10. The van der Waals surface area contributed by atoms with Crippen LogP contribution in [0.2, 0.25) is 0 Å². The lowest BCUT2D eigenvalue weighted by molar-refractivity contribution is 0.272. The average Bonchev–Trinajstić information content (AvgIpc) is 2.76. The van der Waals surface area contributed by atoms with E-state index in [9.17, 15) is 5.26 Å². The van der Waals surface area contributed by atoms with Gasteiger partial charge in [0, 0.05) is 18.3 Å². The van der Waals surface area contributed by atoms with Gasteiger partial charge in [-0.1, -0.05) is 0 Å². The lowest BCUT2D eigenvalue weighted by Crippen LogP contribution is -2.09. The number of rotatable bonds is 9. The maximum atomic E-state index is 9.43. The van der Waals surface area contributed by atoms with E-state index in [2.05, 4.69) is 22.3 Å². The third kappa shape index (κ3) is 5.97. The summed E-state index contributed by atoms with van der Waals surface area (Å²) >= 11 is 5.39. The Balaban J connectivity index is 2.13. The van der Waals surface area contributed by atoms with Crippen LogP contribution in [0.5, 0.6) is 17.2 Å². The van der Waals surface area contributed by atoms with Gasteiger partial charge in [0.15, 0.2) is 0 Å². The maximum Gasteiger partial charge on any atom is 0.226 e. The van der Waals surface area contributed by atoms with Gasteiger partial charge in [0.1, 0.15) is 35.5 Å². The molecule has 2 rings (SSSR count). The Morgan fingerprint density at radius 1 is 1.24 bits per heavy atom. The Labute approximate surface area is 178 Å². The molecule has 0 amide bonds. The van der Waals surface area contributed by atoms with Crippen LogP contribution in [0.3, 0.4) is 0 Å². The van der Waals surface area contributed by atoms with E-state index < -0.39 is 0 Å². The van der Waals surface area contributed by atoms with E-state index in [1.165, 1.54) is 21.3 Å². The summed E-state index contributed by atoms with van der Waals surface area (Å²) in [4.78, 5) is 3.99.